The molecule has 0 saturated heterocycles. The first-order valence-corrected chi connectivity index (χ1v) is 10.8. The topological polar surface area (TPSA) is 68.1 Å². The summed E-state index contributed by atoms with van der Waals surface area (Å²) in [6, 6.07) is 7.11. The van der Waals surface area contributed by atoms with Crippen LogP contribution in [0.25, 0.3) is 0 Å². The monoisotopic (exact) mass is 425 g/mol. The molecule has 0 saturated carbocycles. The van der Waals surface area contributed by atoms with Crippen LogP contribution in [0.2, 0.25) is 5.02 Å². The molecule has 1 aromatic rings. The molecule has 0 bridgehead atoms. The van der Waals surface area contributed by atoms with Crippen LogP contribution < -0.4 is 10.6 Å². The van der Waals surface area contributed by atoms with Crippen LogP contribution in [-0.4, -0.2) is 11.2 Å². The second kappa shape index (κ2) is 11.1. The third-order valence-corrected chi connectivity index (χ3v) is 5.35. The van der Waals surface area contributed by atoms with Gasteiger partial charge in [-0.05, 0) is 49.5 Å². The summed E-state index contributed by atoms with van der Waals surface area (Å²) in [6.07, 6.45) is 7.82. The van der Waals surface area contributed by atoms with E-state index >= 15 is 0 Å². The van der Waals surface area contributed by atoms with Gasteiger partial charge in [0.05, 0.1) is 29.5 Å². The van der Waals surface area contributed by atoms with Crippen LogP contribution in [0.5, 0.6) is 0 Å². The molecule has 1 heterocycles. The number of nitrogens with one attached hydrogen (secondary N) is 2. The zero-order valence-corrected chi connectivity index (χ0v) is 19.1. The minimum absolute atomic E-state index is 0.325. The first kappa shape index (κ1) is 23.8. The van der Waals surface area contributed by atoms with Gasteiger partial charge in [0.1, 0.15) is 0 Å². The molecule has 1 aliphatic heterocycles. The van der Waals surface area contributed by atoms with E-state index in [1.165, 1.54) is 0 Å². The maximum absolute atomic E-state index is 10.8. The Kier molecular flexibility index (Phi) is 8.77. The van der Waals surface area contributed by atoms with E-state index in [9.17, 15) is 10.4 Å². The minimum atomic E-state index is -0.688. The molecule has 0 spiro atoms. The van der Waals surface area contributed by atoms with E-state index in [-0.39, 0.29) is 6.04 Å². The molecule has 1 aromatic carbocycles. The summed E-state index contributed by atoms with van der Waals surface area (Å²) < 4.78 is 0. The van der Waals surface area contributed by atoms with Crippen molar-refractivity contribution in [2.24, 2.45) is 5.92 Å². The van der Waals surface area contributed by atoms with Gasteiger partial charge in [-0.3, -0.25) is 0 Å². The molecule has 30 heavy (non-hydrogen) atoms. The van der Waals surface area contributed by atoms with Crippen molar-refractivity contribution in [2.45, 2.75) is 59.1 Å². The summed E-state index contributed by atoms with van der Waals surface area (Å²) >= 11 is 6.60. The lowest BCUT2D eigenvalue weighted by Gasteiger charge is -2.27. The quantitative estimate of drug-likeness (QED) is 0.455. The summed E-state index contributed by atoms with van der Waals surface area (Å²) in [5.74, 6) is 0.394. The molecule has 3 N–H and O–H groups in total. The Labute approximate surface area is 185 Å². The lowest BCUT2D eigenvalue weighted by atomic mass is 9.90. The molecule has 5 heteroatoms. The Balaban J connectivity index is 2.68. The normalized spacial score (nSPS) is 18.1. The van der Waals surface area contributed by atoms with Crippen LogP contribution in [-0.2, 0) is 0 Å². The number of rotatable bonds is 8. The van der Waals surface area contributed by atoms with Crippen LogP contribution in [0, 0.1) is 17.2 Å². The fraction of sp³-hybridized carbons (Fsp3) is 0.400. The fourth-order valence-electron chi connectivity index (χ4n) is 3.67. The molecule has 0 amide bonds. The Morgan fingerprint density at radius 2 is 2.00 bits per heavy atom. The van der Waals surface area contributed by atoms with Gasteiger partial charge in [0.15, 0.2) is 0 Å². The second-order valence-electron chi connectivity index (χ2n) is 7.94. The van der Waals surface area contributed by atoms with Crippen LogP contribution in [0.15, 0.2) is 65.7 Å². The highest BCUT2D eigenvalue weighted by Gasteiger charge is 2.30. The zero-order valence-electron chi connectivity index (χ0n) is 18.3. The van der Waals surface area contributed by atoms with E-state index in [1.54, 1.807) is 19.1 Å². The van der Waals surface area contributed by atoms with Crippen molar-refractivity contribution in [3.8, 4) is 6.07 Å². The highest BCUT2D eigenvalue weighted by molar-refractivity contribution is 6.31. The molecule has 1 aliphatic rings. The van der Waals surface area contributed by atoms with E-state index < -0.39 is 6.10 Å². The van der Waals surface area contributed by atoms with Crippen molar-refractivity contribution < 1.29 is 5.11 Å². The summed E-state index contributed by atoms with van der Waals surface area (Å²) in [5.41, 5.74) is 5.05. The van der Waals surface area contributed by atoms with Crippen molar-refractivity contribution in [2.75, 3.05) is 0 Å². The average molecular weight is 426 g/mol. The number of aliphatic hydroxyl groups is 1. The predicted molar refractivity (Wildman–Crippen MR) is 125 cm³/mol. The number of nitriles is 1. The molecule has 160 valence electrons. The zero-order chi connectivity index (χ0) is 22.3. The van der Waals surface area contributed by atoms with Gasteiger partial charge in [-0.15, -0.1) is 0 Å². The third kappa shape index (κ3) is 5.78. The average Bonchev–Trinajstić information content (AvgIpc) is 2.84. The number of nitrogens with zero attached hydrogens (tertiary/aromatic N) is 1. The van der Waals surface area contributed by atoms with E-state index in [0.29, 0.717) is 22.9 Å². The van der Waals surface area contributed by atoms with Crippen molar-refractivity contribution in [3.63, 3.8) is 0 Å². The van der Waals surface area contributed by atoms with Gasteiger partial charge in [0.25, 0.3) is 0 Å². The van der Waals surface area contributed by atoms with Crippen molar-refractivity contribution in [1.29, 1.82) is 5.26 Å². The van der Waals surface area contributed by atoms with Gasteiger partial charge in [-0.25, -0.2) is 0 Å². The Morgan fingerprint density at radius 1 is 1.27 bits per heavy atom. The predicted octanol–water partition coefficient (Wildman–Crippen LogP) is 5.88. The lowest BCUT2D eigenvalue weighted by molar-refractivity contribution is 0.218. The molecule has 2 unspecified atom stereocenters. The van der Waals surface area contributed by atoms with E-state index in [0.717, 1.165) is 41.1 Å². The summed E-state index contributed by atoms with van der Waals surface area (Å²) in [4.78, 5) is 0. The minimum Gasteiger partial charge on any atom is -0.389 e. The summed E-state index contributed by atoms with van der Waals surface area (Å²) in [7, 11) is 0. The number of benzene rings is 1. The van der Waals surface area contributed by atoms with Crippen LogP contribution >= 0.6 is 11.6 Å². The molecular formula is C25H32ClN3O. The van der Waals surface area contributed by atoms with Gasteiger partial charge in [-0.2, -0.15) is 5.26 Å². The maximum atomic E-state index is 10.8. The van der Waals surface area contributed by atoms with Gasteiger partial charge in [-0.1, -0.05) is 57.2 Å². The number of hydrogen-bond acceptors (Lipinski definition) is 4. The van der Waals surface area contributed by atoms with Crippen LogP contribution in [0.4, 0.5) is 0 Å². The van der Waals surface area contributed by atoms with Gasteiger partial charge in [0, 0.05) is 28.4 Å². The number of aliphatic hydroxyl groups excluding tert-OH is 1. The van der Waals surface area contributed by atoms with Gasteiger partial charge in [0.2, 0.25) is 0 Å². The SMILES string of the molecule is C=CC1=C(C/C=C\CC)NC(c2ccc(C#N)cc2Cl)C(C(C)O)=C(CC(C)C)N1. The van der Waals surface area contributed by atoms with E-state index in [4.69, 9.17) is 11.6 Å². The molecule has 2 rings (SSSR count). The van der Waals surface area contributed by atoms with Gasteiger partial charge >= 0.3 is 0 Å². The fourth-order valence-corrected chi connectivity index (χ4v) is 3.96. The molecular weight excluding hydrogens is 394 g/mol. The van der Waals surface area contributed by atoms with E-state index in [2.05, 4.69) is 56.2 Å². The van der Waals surface area contributed by atoms with Crippen molar-refractivity contribution in [1.82, 2.24) is 10.6 Å². The number of halogens is 1. The second-order valence-corrected chi connectivity index (χ2v) is 8.35. The Bertz CT molecular complexity index is 903. The first-order chi connectivity index (χ1) is 14.3. The molecule has 0 fully saturated rings. The lowest BCUT2D eigenvalue weighted by Crippen LogP contribution is -2.28. The smallest absolute Gasteiger partial charge is 0.0992 e. The molecule has 0 aliphatic carbocycles. The standard InChI is InChI=1S/C25H32ClN3O/c1-6-8-9-10-22-21(7-2)28-23(13-16(3)4)24(17(5)30)25(29-22)19-12-11-18(15-27)14-20(19)26/h7-9,11-12,14,16-17,25,28-30H,2,6,10,13H2,1,3-5H3/b9-8-. The molecule has 2 atom stereocenters. The Hall–Kier alpha value is -2.48. The number of hydrogen-bond donors (Lipinski definition) is 3. The Morgan fingerprint density at radius 3 is 2.53 bits per heavy atom. The van der Waals surface area contributed by atoms with Crippen LogP contribution in [0.3, 0.4) is 0 Å². The van der Waals surface area contributed by atoms with E-state index in [1.807, 2.05) is 12.1 Å². The third-order valence-electron chi connectivity index (χ3n) is 5.02. The van der Waals surface area contributed by atoms with Crippen molar-refractivity contribution >= 4 is 11.6 Å². The van der Waals surface area contributed by atoms with Crippen molar-refractivity contribution in [3.05, 3.63) is 81.8 Å². The molecule has 0 aromatic heterocycles. The summed E-state index contributed by atoms with van der Waals surface area (Å²) in [6.45, 7) is 12.2. The first-order valence-electron chi connectivity index (χ1n) is 10.5. The van der Waals surface area contributed by atoms with Gasteiger partial charge < -0.3 is 15.7 Å². The highest BCUT2D eigenvalue weighted by Crippen LogP contribution is 2.36. The molecule has 0 radical (unpaired) electrons. The number of allylic oxidation sites excluding steroid dienone is 4. The summed E-state index contributed by atoms with van der Waals surface area (Å²) in [5, 5.41) is 27.6. The van der Waals surface area contributed by atoms with Crippen LogP contribution in [0.1, 0.15) is 64.1 Å². The molecule has 4 nitrogen and oxygen atoms in total. The largest absolute Gasteiger partial charge is 0.389 e. The maximum Gasteiger partial charge on any atom is 0.0992 e. The highest BCUT2D eigenvalue weighted by atomic mass is 35.5.